The first-order chi connectivity index (χ1) is 12.1. The molecule has 0 spiro atoms. The van der Waals surface area contributed by atoms with Crippen molar-refractivity contribution in [3.8, 4) is 0 Å². The van der Waals surface area contributed by atoms with E-state index in [0.717, 1.165) is 61.8 Å². The Kier molecular flexibility index (Phi) is 4.17. The highest BCUT2D eigenvalue weighted by atomic mass is 16.2. The van der Waals surface area contributed by atoms with Gasteiger partial charge < -0.3 is 14.7 Å². The molecule has 4 rings (SSSR count). The maximum absolute atomic E-state index is 13.1. The van der Waals surface area contributed by atoms with E-state index in [0.29, 0.717) is 0 Å². The van der Waals surface area contributed by atoms with Crippen LogP contribution in [0.2, 0.25) is 0 Å². The maximum atomic E-state index is 13.1. The number of aryl methyl sites for hydroxylation is 1. The molecule has 0 aliphatic carbocycles. The first-order valence-corrected chi connectivity index (χ1v) is 8.93. The summed E-state index contributed by atoms with van der Waals surface area (Å²) >= 11 is 0. The molecule has 0 unspecified atom stereocenters. The molecule has 5 nitrogen and oxygen atoms in total. The fourth-order valence-electron chi connectivity index (χ4n) is 3.77. The van der Waals surface area contributed by atoms with Gasteiger partial charge in [-0.1, -0.05) is 18.2 Å². The van der Waals surface area contributed by atoms with Gasteiger partial charge in [0.25, 0.3) is 5.91 Å². The molecule has 0 bridgehead atoms. The van der Waals surface area contributed by atoms with Crippen molar-refractivity contribution in [2.75, 3.05) is 49.6 Å². The van der Waals surface area contributed by atoms with Gasteiger partial charge in [-0.2, -0.15) is 0 Å². The number of nitrogens with zero attached hydrogens (tertiary/aromatic N) is 4. The number of piperazine rings is 1. The predicted octanol–water partition coefficient (Wildman–Crippen LogP) is 2.34. The quantitative estimate of drug-likeness (QED) is 0.844. The third-order valence-corrected chi connectivity index (χ3v) is 5.26. The molecule has 0 N–H and O–H groups in total. The first-order valence-electron chi connectivity index (χ1n) is 8.93. The van der Waals surface area contributed by atoms with E-state index in [1.165, 1.54) is 5.56 Å². The lowest BCUT2D eigenvalue weighted by Gasteiger charge is -2.33. The minimum Gasteiger partial charge on any atom is -0.354 e. The van der Waals surface area contributed by atoms with Crippen molar-refractivity contribution in [1.29, 1.82) is 0 Å². The third-order valence-electron chi connectivity index (χ3n) is 5.26. The normalized spacial score (nSPS) is 17.7. The summed E-state index contributed by atoms with van der Waals surface area (Å²) in [5.41, 5.74) is 4.24. The molecule has 25 heavy (non-hydrogen) atoms. The number of rotatable bonds is 2. The maximum Gasteiger partial charge on any atom is 0.258 e. The van der Waals surface area contributed by atoms with Gasteiger partial charge in [-0.25, -0.2) is 4.98 Å². The number of aromatic nitrogens is 1. The van der Waals surface area contributed by atoms with E-state index in [1.807, 2.05) is 17.0 Å². The molecule has 0 saturated carbocycles. The molecule has 0 atom stereocenters. The molecule has 2 aliphatic rings. The number of carbonyl (C=O) groups excluding carboxylic acids is 1. The van der Waals surface area contributed by atoms with Crippen LogP contribution < -0.4 is 9.80 Å². The molecule has 5 heteroatoms. The SMILES string of the molecule is Cc1cccc2c1N(C(=O)c1ccnc(N3CCN(C)CC3)c1)CC2. The van der Waals surface area contributed by atoms with Gasteiger partial charge in [-0.05, 0) is 43.7 Å². The standard InChI is InChI=1S/C20H24N4O/c1-15-4-3-5-16-7-9-24(19(15)16)20(25)17-6-8-21-18(14-17)23-12-10-22(2)11-13-23/h3-6,8,14H,7,9-13H2,1-2H3. The van der Waals surface area contributed by atoms with Gasteiger partial charge in [0.1, 0.15) is 5.82 Å². The number of anilines is 2. The number of hydrogen-bond acceptors (Lipinski definition) is 4. The Morgan fingerprint density at radius 3 is 2.68 bits per heavy atom. The van der Waals surface area contributed by atoms with Gasteiger partial charge in [0.05, 0.1) is 5.69 Å². The van der Waals surface area contributed by atoms with Crippen LogP contribution >= 0.6 is 0 Å². The van der Waals surface area contributed by atoms with Crippen LogP contribution in [0, 0.1) is 6.92 Å². The summed E-state index contributed by atoms with van der Waals surface area (Å²) in [6, 6.07) is 10.0. The number of likely N-dealkylation sites (N-methyl/N-ethyl adjacent to an activating group) is 1. The second-order valence-electron chi connectivity index (χ2n) is 6.98. The van der Waals surface area contributed by atoms with E-state index < -0.39 is 0 Å². The highest BCUT2D eigenvalue weighted by Crippen LogP contribution is 2.32. The average Bonchev–Trinajstić information content (AvgIpc) is 3.07. The van der Waals surface area contributed by atoms with Crippen LogP contribution in [0.3, 0.4) is 0 Å². The number of carbonyl (C=O) groups is 1. The van der Waals surface area contributed by atoms with E-state index in [9.17, 15) is 4.79 Å². The zero-order chi connectivity index (χ0) is 17.4. The van der Waals surface area contributed by atoms with Crippen molar-refractivity contribution in [3.05, 3.63) is 53.2 Å². The van der Waals surface area contributed by atoms with E-state index in [4.69, 9.17) is 0 Å². The lowest BCUT2D eigenvalue weighted by Crippen LogP contribution is -2.44. The van der Waals surface area contributed by atoms with Crippen molar-refractivity contribution in [1.82, 2.24) is 9.88 Å². The Morgan fingerprint density at radius 1 is 1.08 bits per heavy atom. The minimum absolute atomic E-state index is 0.0748. The highest BCUT2D eigenvalue weighted by molar-refractivity contribution is 6.08. The average molecular weight is 336 g/mol. The van der Waals surface area contributed by atoms with E-state index in [1.54, 1.807) is 6.20 Å². The fraction of sp³-hybridized carbons (Fsp3) is 0.400. The van der Waals surface area contributed by atoms with Gasteiger partial charge in [0, 0.05) is 44.5 Å². The third kappa shape index (κ3) is 3.00. The second kappa shape index (κ2) is 6.48. The highest BCUT2D eigenvalue weighted by Gasteiger charge is 2.27. The van der Waals surface area contributed by atoms with Gasteiger partial charge in [0.2, 0.25) is 0 Å². The Hall–Kier alpha value is -2.40. The molecule has 1 fully saturated rings. The summed E-state index contributed by atoms with van der Waals surface area (Å²) in [6.07, 6.45) is 2.69. The van der Waals surface area contributed by atoms with Gasteiger partial charge in [0.15, 0.2) is 0 Å². The molecule has 2 aliphatic heterocycles. The summed E-state index contributed by atoms with van der Waals surface area (Å²) < 4.78 is 0. The summed E-state index contributed by atoms with van der Waals surface area (Å²) in [6.45, 7) is 6.79. The number of benzene rings is 1. The number of amides is 1. The zero-order valence-corrected chi connectivity index (χ0v) is 14.9. The summed E-state index contributed by atoms with van der Waals surface area (Å²) in [7, 11) is 2.14. The van der Waals surface area contributed by atoms with E-state index >= 15 is 0 Å². The van der Waals surface area contributed by atoms with E-state index in [-0.39, 0.29) is 5.91 Å². The number of para-hydroxylation sites is 1. The topological polar surface area (TPSA) is 39.7 Å². The van der Waals surface area contributed by atoms with Crippen LogP contribution in [-0.4, -0.2) is 55.6 Å². The van der Waals surface area contributed by atoms with Crippen molar-refractivity contribution < 1.29 is 4.79 Å². The molecule has 3 heterocycles. The Balaban J connectivity index is 1.59. The minimum atomic E-state index is 0.0748. The molecular weight excluding hydrogens is 312 g/mol. The number of pyridine rings is 1. The van der Waals surface area contributed by atoms with Crippen molar-refractivity contribution in [2.45, 2.75) is 13.3 Å². The summed E-state index contributed by atoms with van der Waals surface area (Å²) in [5.74, 6) is 0.981. The Labute approximate surface area is 148 Å². The van der Waals surface area contributed by atoms with Crippen LogP contribution in [0.1, 0.15) is 21.5 Å². The monoisotopic (exact) mass is 336 g/mol. The Bertz CT molecular complexity index is 796. The Morgan fingerprint density at radius 2 is 1.88 bits per heavy atom. The van der Waals surface area contributed by atoms with Crippen molar-refractivity contribution in [2.24, 2.45) is 0 Å². The van der Waals surface area contributed by atoms with Crippen LogP contribution in [0.4, 0.5) is 11.5 Å². The molecule has 1 aromatic heterocycles. The lowest BCUT2D eigenvalue weighted by atomic mass is 10.1. The first kappa shape index (κ1) is 16.1. The molecule has 1 amide bonds. The van der Waals surface area contributed by atoms with Crippen LogP contribution in [0.5, 0.6) is 0 Å². The number of hydrogen-bond donors (Lipinski definition) is 0. The molecule has 1 saturated heterocycles. The molecule has 1 aromatic carbocycles. The largest absolute Gasteiger partial charge is 0.354 e. The molecule has 130 valence electrons. The van der Waals surface area contributed by atoms with E-state index in [2.05, 4.69) is 47.0 Å². The number of fused-ring (bicyclic) bond motifs is 1. The zero-order valence-electron chi connectivity index (χ0n) is 14.9. The van der Waals surface area contributed by atoms with Crippen LogP contribution in [0.25, 0.3) is 0 Å². The van der Waals surface area contributed by atoms with Crippen LogP contribution in [0.15, 0.2) is 36.5 Å². The lowest BCUT2D eigenvalue weighted by molar-refractivity contribution is 0.0989. The summed E-state index contributed by atoms with van der Waals surface area (Å²) in [4.78, 5) is 24.1. The van der Waals surface area contributed by atoms with Gasteiger partial charge >= 0.3 is 0 Å². The molecule has 0 radical (unpaired) electrons. The fourth-order valence-corrected chi connectivity index (χ4v) is 3.77. The molecular formula is C20H24N4O. The van der Waals surface area contributed by atoms with Crippen molar-refractivity contribution >= 4 is 17.4 Å². The summed E-state index contributed by atoms with van der Waals surface area (Å²) in [5, 5.41) is 0. The van der Waals surface area contributed by atoms with Crippen LogP contribution in [-0.2, 0) is 6.42 Å². The smallest absolute Gasteiger partial charge is 0.258 e. The molecule has 2 aromatic rings. The second-order valence-corrected chi connectivity index (χ2v) is 6.98. The predicted molar refractivity (Wildman–Crippen MR) is 101 cm³/mol. The van der Waals surface area contributed by atoms with Gasteiger partial charge in [-0.15, -0.1) is 0 Å². The van der Waals surface area contributed by atoms with Crippen molar-refractivity contribution in [3.63, 3.8) is 0 Å². The van der Waals surface area contributed by atoms with Gasteiger partial charge in [-0.3, -0.25) is 4.79 Å².